The predicted octanol–water partition coefficient (Wildman–Crippen LogP) is 1.13. The average molecular weight is 528 g/mol. The summed E-state index contributed by atoms with van der Waals surface area (Å²) in [5, 5.41) is 6.62. The summed E-state index contributed by atoms with van der Waals surface area (Å²) < 4.78 is 33.5. The van der Waals surface area contributed by atoms with E-state index in [0.717, 1.165) is 45.0 Å². The van der Waals surface area contributed by atoms with Crippen LogP contribution in [0.25, 0.3) is 0 Å². The molecule has 2 heterocycles. The second-order valence-corrected chi connectivity index (χ2v) is 9.16. The molecule has 2 N–H and O–H groups in total. The molecule has 1 aromatic heterocycles. The molecule has 1 fully saturated rings. The standard InChI is InChI=1S/C18H32N4O4S.HI/c1-16(6-15-27(2,23)24)21-18(19-7-5-17-4-3-12-26-17)20-8-9-22-10-13-25-14-11-22;/h3-4,12,16H,5-11,13-15H2,1-2H3,(H2,19,20,21);1H. The van der Waals surface area contributed by atoms with Gasteiger partial charge in [-0.25, -0.2) is 8.42 Å². The number of morpholine rings is 1. The van der Waals surface area contributed by atoms with Crippen molar-refractivity contribution < 1.29 is 17.6 Å². The largest absolute Gasteiger partial charge is 0.469 e. The van der Waals surface area contributed by atoms with E-state index in [1.165, 1.54) is 6.26 Å². The Morgan fingerprint density at radius 1 is 1.36 bits per heavy atom. The molecule has 1 aliphatic heterocycles. The molecule has 0 spiro atoms. The van der Waals surface area contributed by atoms with Gasteiger partial charge in [0.2, 0.25) is 0 Å². The van der Waals surface area contributed by atoms with Gasteiger partial charge in [-0.15, -0.1) is 24.0 Å². The summed E-state index contributed by atoms with van der Waals surface area (Å²) in [6.45, 7) is 7.65. The van der Waals surface area contributed by atoms with Gasteiger partial charge in [0.25, 0.3) is 0 Å². The molecule has 0 saturated carbocycles. The smallest absolute Gasteiger partial charge is 0.191 e. The van der Waals surface area contributed by atoms with Gasteiger partial charge in [-0.1, -0.05) is 0 Å². The van der Waals surface area contributed by atoms with Gasteiger partial charge in [0.1, 0.15) is 15.6 Å². The fourth-order valence-corrected chi connectivity index (χ4v) is 3.52. The van der Waals surface area contributed by atoms with Crippen molar-refractivity contribution in [3.05, 3.63) is 24.2 Å². The third-order valence-electron chi connectivity index (χ3n) is 4.34. The lowest BCUT2D eigenvalue weighted by Crippen LogP contribution is -2.44. The highest BCUT2D eigenvalue weighted by atomic mass is 127. The third kappa shape index (κ3) is 11.2. The lowest BCUT2D eigenvalue weighted by atomic mass is 10.2. The van der Waals surface area contributed by atoms with Gasteiger partial charge in [0.05, 0.1) is 31.8 Å². The Kier molecular flexibility index (Phi) is 12.0. The van der Waals surface area contributed by atoms with Crippen molar-refractivity contribution >= 4 is 39.8 Å². The molecule has 10 heteroatoms. The van der Waals surface area contributed by atoms with Crippen LogP contribution < -0.4 is 10.6 Å². The number of nitrogens with one attached hydrogen (secondary N) is 2. The van der Waals surface area contributed by atoms with Gasteiger partial charge in [-0.3, -0.25) is 9.89 Å². The molecule has 0 amide bonds. The van der Waals surface area contributed by atoms with Crippen LogP contribution in [0.2, 0.25) is 0 Å². The minimum Gasteiger partial charge on any atom is -0.469 e. The van der Waals surface area contributed by atoms with E-state index < -0.39 is 9.84 Å². The van der Waals surface area contributed by atoms with Crippen molar-refractivity contribution in [1.82, 2.24) is 15.5 Å². The van der Waals surface area contributed by atoms with E-state index in [9.17, 15) is 8.42 Å². The maximum Gasteiger partial charge on any atom is 0.191 e. The number of hydrogen-bond donors (Lipinski definition) is 2. The quantitative estimate of drug-likeness (QED) is 0.267. The number of ether oxygens (including phenoxy) is 1. The van der Waals surface area contributed by atoms with Crippen molar-refractivity contribution in [1.29, 1.82) is 0 Å². The zero-order valence-corrected chi connectivity index (χ0v) is 19.9. The van der Waals surface area contributed by atoms with Crippen LogP contribution in [-0.4, -0.2) is 83.3 Å². The highest BCUT2D eigenvalue weighted by molar-refractivity contribution is 14.0. The Hall–Kier alpha value is -0.850. The number of aliphatic imine (C=N–C) groups is 1. The summed E-state index contributed by atoms with van der Waals surface area (Å²) in [5.41, 5.74) is 0. The fraction of sp³-hybridized carbons (Fsp3) is 0.722. The minimum absolute atomic E-state index is 0. The summed E-state index contributed by atoms with van der Waals surface area (Å²) in [4.78, 5) is 6.99. The topological polar surface area (TPSA) is 96.2 Å². The monoisotopic (exact) mass is 528 g/mol. The van der Waals surface area contributed by atoms with E-state index in [-0.39, 0.29) is 35.8 Å². The number of rotatable bonds is 10. The van der Waals surface area contributed by atoms with Crippen LogP contribution in [0.15, 0.2) is 27.8 Å². The molecule has 1 atom stereocenters. The lowest BCUT2D eigenvalue weighted by molar-refractivity contribution is 0.0394. The highest BCUT2D eigenvalue weighted by Gasteiger charge is 2.11. The second-order valence-electron chi connectivity index (χ2n) is 6.90. The number of halogens is 1. The van der Waals surface area contributed by atoms with Crippen LogP contribution in [0.5, 0.6) is 0 Å². The number of nitrogens with zero attached hydrogens (tertiary/aromatic N) is 2. The average Bonchev–Trinajstić information content (AvgIpc) is 3.13. The van der Waals surface area contributed by atoms with E-state index in [0.29, 0.717) is 25.5 Å². The van der Waals surface area contributed by atoms with Crippen molar-refractivity contribution in [3.63, 3.8) is 0 Å². The van der Waals surface area contributed by atoms with Gasteiger partial charge < -0.3 is 19.8 Å². The molecular weight excluding hydrogens is 495 g/mol. The zero-order valence-electron chi connectivity index (χ0n) is 16.7. The molecule has 1 unspecified atom stereocenters. The van der Waals surface area contributed by atoms with E-state index in [4.69, 9.17) is 9.15 Å². The lowest BCUT2D eigenvalue weighted by Gasteiger charge is -2.26. The number of furan rings is 1. The van der Waals surface area contributed by atoms with Crippen LogP contribution in [0.3, 0.4) is 0 Å². The molecule has 2 rings (SSSR count). The molecule has 1 saturated heterocycles. The van der Waals surface area contributed by atoms with Crippen molar-refractivity contribution in [2.24, 2.45) is 4.99 Å². The van der Waals surface area contributed by atoms with E-state index >= 15 is 0 Å². The first kappa shape index (κ1) is 25.2. The molecule has 28 heavy (non-hydrogen) atoms. The van der Waals surface area contributed by atoms with Gasteiger partial charge in [0.15, 0.2) is 5.96 Å². The van der Waals surface area contributed by atoms with Crippen molar-refractivity contribution in [3.8, 4) is 0 Å². The summed E-state index contributed by atoms with van der Waals surface area (Å²) in [6.07, 6.45) is 4.23. The Bertz CT molecular complexity index is 661. The first-order valence-electron chi connectivity index (χ1n) is 9.47. The van der Waals surface area contributed by atoms with Gasteiger partial charge in [0, 0.05) is 44.9 Å². The number of hydrogen-bond acceptors (Lipinski definition) is 6. The van der Waals surface area contributed by atoms with E-state index in [1.807, 2.05) is 19.1 Å². The van der Waals surface area contributed by atoms with Crippen LogP contribution in [0, 0.1) is 0 Å². The summed E-state index contributed by atoms with van der Waals surface area (Å²) in [5.74, 6) is 1.78. The van der Waals surface area contributed by atoms with Gasteiger partial charge in [-0.05, 0) is 25.5 Å². The maximum absolute atomic E-state index is 11.4. The Morgan fingerprint density at radius 3 is 2.75 bits per heavy atom. The normalized spacial score (nSPS) is 17.0. The van der Waals surface area contributed by atoms with Crippen LogP contribution in [0.4, 0.5) is 0 Å². The minimum atomic E-state index is -2.96. The zero-order chi connectivity index (χ0) is 19.5. The summed E-state index contributed by atoms with van der Waals surface area (Å²) in [6, 6.07) is 3.83. The Balaban J connectivity index is 0.00000392. The SMILES string of the molecule is CC(CCS(C)(=O)=O)NC(=NCCN1CCOCC1)NCCc1ccco1.I. The predicted molar refractivity (Wildman–Crippen MR) is 122 cm³/mol. The highest BCUT2D eigenvalue weighted by Crippen LogP contribution is 2.00. The van der Waals surface area contributed by atoms with Crippen molar-refractivity contribution in [2.75, 3.05) is 57.9 Å². The van der Waals surface area contributed by atoms with Gasteiger partial charge >= 0.3 is 0 Å². The molecule has 162 valence electrons. The van der Waals surface area contributed by atoms with Crippen LogP contribution in [-0.2, 0) is 21.0 Å². The molecule has 0 bridgehead atoms. The summed E-state index contributed by atoms with van der Waals surface area (Å²) in [7, 11) is -2.96. The summed E-state index contributed by atoms with van der Waals surface area (Å²) >= 11 is 0. The first-order chi connectivity index (χ1) is 12.9. The van der Waals surface area contributed by atoms with E-state index in [2.05, 4.69) is 20.5 Å². The van der Waals surface area contributed by atoms with Crippen LogP contribution in [0.1, 0.15) is 19.1 Å². The molecule has 8 nitrogen and oxygen atoms in total. The fourth-order valence-electron chi connectivity index (χ4n) is 2.74. The van der Waals surface area contributed by atoms with E-state index in [1.54, 1.807) is 6.26 Å². The maximum atomic E-state index is 11.4. The number of guanidine groups is 1. The Morgan fingerprint density at radius 2 is 2.11 bits per heavy atom. The number of sulfone groups is 1. The molecule has 0 aromatic carbocycles. The first-order valence-corrected chi connectivity index (χ1v) is 11.5. The Labute approximate surface area is 185 Å². The molecular formula is C18H33IN4O4S. The van der Waals surface area contributed by atoms with Crippen LogP contribution >= 0.6 is 24.0 Å². The van der Waals surface area contributed by atoms with Crippen molar-refractivity contribution in [2.45, 2.75) is 25.8 Å². The molecule has 0 aliphatic carbocycles. The third-order valence-corrected chi connectivity index (χ3v) is 5.32. The second kappa shape index (κ2) is 13.4. The molecule has 1 aliphatic rings. The molecule has 1 aromatic rings. The van der Waals surface area contributed by atoms with Gasteiger partial charge in [-0.2, -0.15) is 0 Å². The molecule has 0 radical (unpaired) electrons.